The first kappa shape index (κ1) is 26.0. The highest BCUT2D eigenvalue weighted by molar-refractivity contribution is 5.77. The number of carbonyl (C=O) groups excluding carboxylic acids is 1. The molecule has 186 valence electrons. The number of nitrogens with zero attached hydrogens (tertiary/aromatic N) is 3. The van der Waals surface area contributed by atoms with Gasteiger partial charge in [-0.05, 0) is 41.3 Å². The van der Waals surface area contributed by atoms with Gasteiger partial charge in [-0.15, -0.1) is 0 Å². The Morgan fingerprint density at radius 2 is 1.79 bits per heavy atom. The van der Waals surface area contributed by atoms with E-state index in [2.05, 4.69) is 60.3 Å². The lowest BCUT2D eigenvalue weighted by atomic mass is 9.88. The van der Waals surface area contributed by atoms with Gasteiger partial charge in [0.2, 0.25) is 5.91 Å². The molecule has 1 fully saturated rings. The van der Waals surface area contributed by atoms with Gasteiger partial charge < -0.3 is 24.0 Å². The van der Waals surface area contributed by atoms with Gasteiger partial charge in [0.05, 0.1) is 13.7 Å². The van der Waals surface area contributed by atoms with Crippen molar-refractivity contribution in [1.29, 1.82) is 0 Å². The number of hydrogen-bond donors (Lipinski definition) is 0. The second kappa shape index (κ2) is 12.7. The molecular weight excluding hydrogens is 430 g/mol. The quantitative estimate of drug-likeness (QED) is 0.476. The highest BCUT2D eigenvalue weighted by atomic mass is 16.5. The first-order valence-electron chi connectivity index (χ1n) is 11.8. The number of hydrogen-bond acceptors (Lipinski definition) is 6. The van der Waals surface area contributed by atoms with Gasteiger partial charge in [0.1, 0.15) is 12.4 Å². The number of ether oxygens (including phenoxy) is 3. The first-order valence-corrected chi connectivity index (χ1v) is 11.8. The molecule has 3 rings (SSSR count). The summed E-state index contributed by atoms with van der Waals surface area (Å²) in [6, 6.07) is 17.1. The second-order valence-electron chi connectivity index (χ2n) is 9.16. The fraction of sp³-hybridized carbons (Fsp3) is 0.519. The topological polar surface area (TPSA) is 54.5 Å². The van der Waals surface area contributed by atoms with E-state index in [-0.39, 0.29) is 12.5 Å². The Labute approximate surface area is 204 Å². The Balaban J connectivity index is 1.80. The molecule has 1 aliphatic rings. The van der Waals surface area contributed by atoms with Crippen LogP contribution in [-0.2, 0) is 20.8 Å². The molecule has 1 saturated heterocycles. The van der Waals surface area contributed by atoms with Crippen molar-refractivity contribution in [2.75, 3.05) is 79.7 Å². The summed E-state index contributed by atoms with van der Waals surface area (Å²) in [6.07, 6.45) is 0. The molecule has 0 N–H and O–H groups in total. The van der Waals surface area contributed by atoms with Crippen LogP contribution in [0.25, 0.3) is 0 Å². The number of amides is 1. The third-order valence-electron chi connectivity index (χ3n) is 6.54. The fourth-order valence-electron chi connectivity index (χ4n) is 4.70. The van der Waals surface area contributed by atoms with Gasteiger partial charge in [0.15, 0.2) is 0 Å². The Hall–Kier alpha value is -2.61. The third kappa shape index (κ3) is 6.95. The molecule has 0 saturated carbocycles. The summed E-state index contributed by atoms with van der Waals surface area (Å²) >= 11 is 0. The van der Waals surface area contributed by atoms with Crippen LogP contribution in [0.3, 0.4) is 0 Å². The van der Waals surface area contributed by atoms with Gasteiger partial charge >= 0.3 is 0 Å². The van der Waals surface area contributed by atoms with Crippen LogP contribution in [0, 0.1) is 5.92 Å². The van der Waals surface area contributed by atoms with Gasteiger partial charge in [-0.1, -0.05) is 24.3 Å². The average molecular weight is 470 g/mol. The van der Waals surface area contributed by atoms with Crippen LogP contribution in [0.4, 0.5) is 5.69 Å². The summed E-state index contributed by atoms with van der Waals surface area (Å²) in [7, 11) is 9.03. The zero-order chi connectivity index (χ0) is 24.5. The maximum absolute atomic E-state index is 12.7. The monoisotopic (exact) mass is 469 g/mol. The number of methoxy groups -OCH3 is 3. The van der Waals surface area contributed by atoms with E-state index in [1.807, 2.05) is 17.0 Å². The number of likely N-dealkylation sites (tertiary alicyclic amines) is 1. The minimum absolute atomic E-state index is 0.00154. The Bertz CT molecular complexity index is 903. The van der Waals surface area contributed by atoms with Crippen molar-refractivity contribution in [3.05, 3.63) is 59.7 Å². The largest absolute Gasteiger partial charge is 0.497 e. The van der Waals surface area contributed by atoms with Gasteiger partial charge in [-0.3, -0.25) is 9.69 Å². The van der Waals surface area contributed by atoms with E-state index in [0.29, 0.717) is 31.5 Å². The van der Waals surface area contributed by atoms with Crippen LogP contribution in [0.15, 0.2) is 48.5 Å². The molecule has 0 bridgehead atoms. The summed E-state index contributed by atoms with van der Waals surface area (Å²) in [5, 5.41) is 0. The SMILES string of the molecule is COCCN(CC1CN(Cc2ccc(N(C)C)cc2)CC1c1cccc(OC)c1)C(=O)COC. The molecule has 7 heteroatoms. The van der Waals surface area contributed by atoms with Crippen LogP contribution in [0.2, 0.25) is 0 Å². The predicted molar refractivity (Wildman–Crippen MR) is 136 cm³/mol. The highest BCUT2D eigenvalue weighted by Gasteiger charge is 2.36. The molecular formula is C27H39N3O4. The van der Waals surface area contributed by atoms with E-state index in [4.69, 9.17) is 14.2 Å². The maximum Gasteiger partial charge on any atom is 0.248 e. The summed E-state index contributed by atoms with van der Waals surface area (Å²) in [6.45, 7) is 4.56. The number of rotatable bonds is 12. The van der Waals surface area contributed by atoms with Crippen molar-refractivity contribution >= 4 is 11.6 Å². The van der Waals surface area contributed by atoms with Gasteiger partial charge in [0.25, 0.3) is 0 Å². The van der Waals surface area contributed by atoms with Crippen molar-refractivity contribution in [1.82, 2.24) is 9.80 Å². The lowest BCUT2D eigenvalue weighted by molar-refractivity contribution is -0.136. The van der Waals surface area contributed by atoms with Gasteiger partial charge in [0, 0.05) is 72.6 Å². The molecule has 7 nitrogen and oxygen atoms in total. The lowest BCUT2D eigenvalue weighted by Crippen LogP contribution is -2.41. The molecule has 1 heterocycles. The van der Waals surface area contributed by atoms with Crippen molar-refractivity contribution in [3.8, 4) is 5.75 Å². The lowest BCUT2D eigenvalue weighted by Gasteiger charge is -2.28. The zero-order valence-electron chi connectivity index (χ0n) is 21.2. The molecule has 0 aliphatic carbocycles. The molecule has 2 unspecified atom stereocenters. The predicted octanol–water partition coefficient (Wildman–Crippen LogP) is 3.10. The van der Waals surface area contributed by atoms with E-state index >= 15 is 0 Å². The van der Waals surface area contributed by atoms with Crippen LogP contribution in [0.1, 0.15) is 17.0 Å². The Morgan fingerprint density at radius 3 is 2.44 bits per heavy atom. The second-order valence-corrected chi connectivity index (χ2v) is 9.16. The highest BCUT2D eigenvalue weighted by Crippen LogP contribution is 2.35. The molecule has 2 aromatic carbocycles. The van der Waals surface area contributed by atoms with Crippen LogP contribution in [-0.4, -0.2) is 90.5 Å². The summed E-state index contributed by atoms with van der Waals surface area (Å²) in [5.41, 5.74) is 3.74. The molecule has 0 aromatic heterocycles. The van der Waals surface area contributed by atoms with Crippen molar-refractivity contribution < 1.29 is 19.0 Å². The van der Waals surface area contributed by atoms with E-state index in [1.165, 1.54) is 16.8 Å². The smallest absolute Gasteiger partial charge is 0.248 e. The average Bonchev–Trinajstić information content (AvgIpc) is 3.24. The van der Waals surface area contributed by atoms with E-state index in [1.54, 1.807) is 21.3 Å². The van der Waals surface area contributed by atoms with Crippen LogP contribution in [0.5, 0.6) is 5.75 Å². The van der Waals surface area contributed by atoms with Crippen molar-refractivity contribution in [2.45, 2.75) is 12.5 Å². The minimum Gasteiger partial charge on any atom is -0.497 e. The number of benzene rings is 2. The number of anilines is 1. The molecule has 34 heavy (non-hydrogen) atoms. The number of carbonyl (C=O) groups is 1. The first-order chi connectivity index (χ1) is 16.4. The summed E-state index contributed by atoms with van der Waals surface area (Å²) in [5.74, 6) is 1.46. The fourth-order valence-corrected chi connectivity index (χ4v) is 4.70. The molecule has 1 aliphatic heterocycles. The van der Waals surface area contributed by atoms with Crippen LogP contribution >= 0.6 is 0 Å². The Morgan fingerprint density at radius 1 is 1.03 bits per heavy atom. The van der Waals surface area contributed by atoms with Gasteiger partial charge in [-0.2, -0.15) is 0 Å². The molecule has 1 amide bonds. The van der Waals surface area contributed by atoms with Crippen molar-refractivity contribution in [2.24, 2.45) is 5.92 Å². The summed E-state index contributed by atoms with van der Waals surface area (Å²) < 4.78 is 15.9. The van der Waals surface area contributed by atoms with E-state index in [0.717, 1.165) is 25.4 Å². The third-order valence-corrected chi connectivity index (χ3v) is 6.54. The van der Waals surface area contributed by atoms with E-state index < -0.39 is 0 Å². The zero-order valence-corrected chi connectivity index (χ0v) is 21.2. The standard InChI is InChI=1S/C27H39N3O4/c1-28(2)24-11-9-21(10-12-24)16-29-17-23(18-30(13-14-32-3)27(31)20-33-4)26(19-29)22-7-6-8-25(15-22)34-5/h6-12,15,23,26H,13-14,16-20H2,1-5H3. The normalized spacial score (nSPS) is 18.1. The molecule has 0 spiro atoms. The van der Waals surface area contributed by atoms with E-state index in [9.17, 15) is 4.79 Å². The summed E-state index contributed by atoms with van der Waals surface area (Å²) in [4.78, 5) is 19.2. The molecule has 0 radical (unpaired) electrons. The maximum atomic E-state index is 12.7. The minimum atomic E-state index is 0.00154. The molecule has 2 aromatic rings. The van der Waals surface area contributed by atoms with Crippen LogP contribution < -0.4 is 9.64 Å². The Kier molecular flexibility index (Phi) is 9.74. The van der Waals surface area contributed by atoms with Gasteiger partial charge in [-0.25, -0.2) is 0 Å². The van der Waals surface area contributed by atoms with Crippen molar-refractivity contribution in [3.63, 3.8) is 0 Å². The molecule has 2 atom stereocenters.